The fraction of sp³-hybridized carbons (Fsp3) is 0.200. The summed E-state index contributed by atoms with van der Waals surface area (Å²) in [6.45, 7) is 2.87. The van der Waals surface area contributed by atoms with Crippen molar-refractivity contribution in [2.24, 2.45) is 0 Å². The Balaban J connectivity index is 2.09. The van der Waals surface area contributed by atoms with Gasteiger partial charge in [-0.3, -0.25) is 0 Å². The van der Waals surface area contributed by atoms with Crippen molar-refractivity contribution in [1.82, 2.24) is 0 Å². The monoisotopic (exact) mass is 305 g/mol. The number of halogens is 1. The van der Waals surface area contributed by atoms with Crippen LogP contribution in [0.4, 0.5) is 5.69 Å². The van der Waals surface area contributed by atoms with Gasteiger partial charge in [0.15, 0.2) is 0 Å². The third-order valence-corrected chi connectivity index (χ3v) is 3.63. The summed E-state index contributed by atoms with van der Waals surface area (Å²) in [5, 5.41) is 3.44. The molecule has 0 amide bonds. The van der Waals surface area contributed by atoms with Gasteiger partial charge in [-0.1, -0.05) is 34.1 Å². The van der Waals surface area contributed by atoms with Gasteiger partial charge in [-0.25, -0.2) is 0 Å². The Labute approximate surface area is 116 Å². The Morgan fingerprint density at radius 1 is 1.17 bits per heavy atom. The molecule has 2 nitrogen and oxygen atoms in total. The molecule has 3 heteroatoms. The van der Waals surface area contributed by atoms with Gasteiger partial charge in [0.05, 0.1) is 7.11 Å². The molecule has 0 aliphatic heterocycles. The van der Waals surface area contributed by atoms with Crippen LogP contribution in [0.15, 0.2) is 46.9 Å². The molecule has 0 unspecified atom stereocenters. The van der Waals surface area contributed by atoms with E-state index < -0.39 is 0 Å². The predicted octanol–water partition coefficient (Wildman–Crippen LogP) is 4.38. The highest BCUT2D eigenvalue weighted by Crippen LogP contribution is 2.23. The van der Waals surface area contributed by atoms with Gasteiger partial charge < -0.3 is 10.1 Å². The molecule has 0 radical (unpaired) electrons. The molecular weight excluding hydrogens is 290 g/mol. The highest BCUT2D eigenvalue weighted by atomic mass is 79.9. The highest BCUT2D eigenvalue weighted by molar-refractivity contribution is 9.10. The van der Waals surface area contributed by atoms with Crippen LogP contribution in [-0.4, -0.2) is 7.11 Å². The maximum atomic E-state index is 5.20. The van der Waals surface area contributed by atoms with E-state index in [1.54, 1.807) is 7.11 Å². The zero-order valence-corrected chi connectivity index (χ0v) is 12.1. The lowest BCUT2D eigenvalue weighted by Crippen LogP contribution is -2.01. The van der Waals surface area contributed by atoms with Crippen LogP contribution in [0.2, 0.25) is 0 Å². The van der Waals surface area contributed by atoms with Crippen LogP contribution in [0.1, 0.15) is 11.1 Å². The number of methoxy groups -OCH3 is 1. The van der Waals surface area contributed by atoms with Crippen LogP contribution in [0, 0.1) is 6.92 Å². The van der Waals surface area contributed by atoms with E-state index in [0.717, 1.165) is 22.5 Å². The van der Waals surface area contributed by atoms with Crippen molar-refractivity contribution in [2.75, 3.05) is 12.4 Å². The van der Waals surface area contributed by atoms with E-state index in [2.05, 4.69) is 40.3 Å². The van der Waals surface area contributed by atoms with Gasteiger partial charge in [0.2, 0.25) is 0 Å². The van der Waals surface area contributed by atoms with Gasteiger partial charge >= 0.3 is 0 Å². The van der Waals surface area contributed by atoms with Crippen LogP contribution in [0.25, 0.3) is 0 Å². The van der Waals surface area contributed by atoms with Gasteiger partial charge in [-0.2, -0.15) is 0 Å². The lowest BCUT2D eigenvalue weighted by Gasteiger charge is -2.11. The molecule has 0 aliphatic carbocycles. The van der Waals surface area contributed by atoms with Crippen LogP contribution < -0.4 is 10.1 Å². The van der Waals surface area contributed by atoms with Crippen molar-refractivity contribution < 1.29 is 4.74 Å². The topological polar surface area (TPSA) is 21.3 Å². The Morgan fingerprint density at radius 3 is 2.61 bits per heavy atom. The smallest absolute Gasteiger partial charge is 0.119 e. The van der Waals surface area contributed by atoms with Gasteiger partial charge in [-0.05, 0) is 42.3 Å². The summed E-state index contributed by atoms with van der Waals surface area (Å²) >= 11 is 3.55. The molecule has 2 rings (SSSR count). The molecule has 0 aromatic heterocycles. The summed E-state index contributed by atoms with van der Waals surface area (Å²) in [4.78, 5) is 0. The number of nitrogens with one attached hydrogen (secondary N) is 1. The Hall–Kier alpha value is -1.48. The van der Waals surface area contributed by atoms with Crippen LogP contribution in [0.5, 0.6) is 5.75 Å². The first-order valence-corrected chi connectivity index (χ1v) is 6.62. The van der Waals surface area contributed by atoms with Gasteiger partial charge in [-0.15, -0.1) is 0 Å². The molecule has 0 saturated carbocycles. The SMILES string of the molecule is COc1ccc(NCc2ccccc2Br)c(C)c1. The fourth-order valence-corrected chi connectivity index (χ4v) is 2.22. The van der Waals surface area contributed by atoms with E-state index in [0.29, 0.717) is 0 Å². The summed E-state index contributed by atoms with van der Waals surface area (Å²) in [5.74, 6) is 0.888. The molecule has 0 fully saturated rings. The summed E-state index contributed by atoms with van der Waals surface area (Å²) in [7, 11) is 1.68. The first-order valence-electron chi connectivity index (χ1n) is 5.82. The van der Waals surface area contributed by atoms with Crippen molar-refractivity contribution >= 4 is 21.6 Å². The third kappa shape index (κ3) is 3.05. The largest absolute Gasteiger partial charge is 0.497 e. The molecule has 0 heterocycles. The zero-order chi connectivity index (χ0) is 13.0. The lowest BCUT2D eigenvalue weighted by atomic mass is 10.1. The maximum absolute atomic E-state index is 5.20. The second-order valence-electron chi connectivity index (χ2n) is 4.13. The van der Waals surface area contributed by atoms with Gasteiger partial charge in [0, 0.05) is 16.7 Å². The summed E-state index contributed by atoms with van der Waals surface area (Å²) in [6, 6.07) is 14.3. The Bertz CT molecular complexity index is 540. The number of rotatable bonds is 4. The summed E-state index contributed by atoms with van der Waals surface area (Å²) in [6.07, 6.45) is 0. The average Bonchev–Trinajstić information content (AvgIpc) is 2.39. The average molecular weight is 306 g/mol. The molecule has 2 aromatic rings. The normalized spacial score (nSPS) is 10.2. The predicted molar refractivity (Wildman–Crippen MR) is 79.2 cm³/mol. The van der Waals surface area contributed by atoms with E-state index in [4.69, 9.17) is 4.74 Å². The van der Waals surface area contributed by atoms with Gasteiger partial charge in [0.1, 0.15) is 5.75 Å². The van der Waals surface area contributed by atoms with Crippen molar-refractivity contribution in [1.29, 1.82) is 0 Å². The molecule has 1 N–H and O–H groups in total. The van der Waals surface area contributed by atoms with E-state index in [1.165, 1.54) is 11.1 Å². The molecule has 18 heavy (non-hydrogen) atoms. The van der Waals surface area contributed by atoms with Crippen LogP contribution in [0.3, 0.4) is 0 Å². The van der Waals surface area contributed by atoms with Crippen molar-refractivity contribution in [3.8, 4) is 5.75 Å². The van der Waals surface area contributed by atoms with Gasteiger partial charge in [0.25, 0.3) is 0 Å². The molecule has 94 valence electrons. The number of anilines is 1. The van der Waals surface area contributed by atoms with E-state index in [9.17, 15) is 0 Å². The Morgan fingerprint density at radius 2 is 1.94 bits per heavy atom. The van der Waals surface area contributed by atoms with Crippen LogP contribution >= 0.6 is 15.9 Å². The standard InChI is InChI=1S/C15H16BrNO/c1-11-9-13(18-2)7-8-15(11)17-10-12-5-3-4-6-14(12)16/h3-9,17H,10H2,1-2H3. The molecule has 0 aliphatic rings. The number of ether oxygens (including phenoxy) is 1. The maximum Gasteiger partial charge on any atom is 0.119 e. The Kier molecular flexibility index (Phi) is 4.26. The van der Waals surface area contributed by atoms with E-state index in [1.807, 2.05) is 30.3 Å². The fourth-order valence-electron chi connectivity index (χ4n) is 1.79. The minimum atomic E-state index is 0.800. The molecule has 0 atom stereocenters. The molecule has 0 bridgehead atoms. The minimum Gasteiger partial charge on any atom is -0.497 e. The minimum absolute atomic E-state index is 0.800. The third-order valence-electron chi connectivity index (χ3n) is 2.86. The lowest BCUT2D eigenvalue weighted by molar-refractivity contribution is 0.414. The second kappa shape index (κ2) is 5.91. The zero-order valence-electron chi connectivity index (χ0n) is 10.5. The van der Waals surface area contributed by atoms with E-state index in [-0.39, 0.29) is 0 Å². The molecular formula is C15H16BrNO. The van der Waals surface area contributed by atoms with Crippen molar-refractivity contribution in [3.63, 3.8) is 0 Å². The number of hydrogen-bond donors (Lipinski definition) is 1. The number of hydrogen-bond acceptors (Lipinski definition) is 2. The van der Waals surface area contributed by atoms with Crippen LogP contribution in [-0.2, 0) is 6.54 Å². The first kappa shape index (κ1) is 13.0. The summed E-state index contributed by atoms with van der Waals surface area (Å²) in [5.41, 5.74) is 3.56. The van der Waals surface area contributed by atoms with Crippen molar-refractivity contribution in [3.05, 3.63) is 58.1 Å². The summed E-state index contributed by atoms with van der Waals surface area (Å²) < 4.78 is 6.33. The van der Waals surface area contributed by atoms with E-state index >= 15 is 0 Å². The molecule has 2 aromatic carbocycles. The first-order chi connectivity index (χ1) is 8.70. The van der Waals surface area contributed by atoms with Crippen molar-refractivity contribution in [2.45, 2.75) is 13.5 Å². The highest BCUT2D eigenvalue weighted by Gasteiger charge is 2.02. The quantitative estimate of drug-likeness (QED) is 0.905. The second-order valence-corrected chi connectivity index (χ2v) is 4.98. The molecule has 0 saturated heterocycles. The molecule has 0 spiro atoms. The number of benzene rings is 2. The number of aryl methyl sites for hydroxylation is 1.